The van der Waals surface area contributed by atoms with Gasteiger partial charge in [0.1, 0.15) is 18.8 Å². The number of hydrogen-bond donors (Lipinski definition) is 2. The molecule has 1 heterocycles. The monoisotopic (exact) mass is 485 g/mol. The number of fused-ring (bicyclic) bond motifs is 1. The Morgan fingerprint density at radius 1 is 1.06 bits per heavy atom. The number of carbonyl (C=O) groups is 2. The zero-order valence-corrected chi connectivity index (χ0v) is 20.0. The SMILES string of the molecule is CCn1c(CNC(=O)c2ccccc2C(=O)[O-])[n+](CCOCCOCCO)c2ccc(OC)cc21. The van der Waals surface area contributed by atoms with Crippen LogP contribution in [0.15, 0.2) is 42.5 Å². The van der Waals surface area contributed by atoms with Crippen LogP contribution in [0.25, 0.3) is 11.0 Å². The number of benzene rings is 2. The van der Waals surface area contributed by atoms with Crippen molar-refractivity contribution in [2.45, 2.75) is 26.6 Å². The smallest absolute Gasteiger partial charge is 0.277 e. The summed E-state index contributed by atoms with van der Waals surface area (Å²) in [4.78, 5) is 24.3. The highest BCUT2D eigenvalue weighted by Crippen LogP contribution is 2.21. The van der Waals surface area contributed by atoms with E-state index in [1.54, 1.807) is 19.2 Å². The first-order chi connectivity index (χ1) is 17.0. The number of aryl methyl sites for hydroxylation is 1. The standard InChI is InChI=1S/C25H31N3O7/c1-3-27-22-16-18(33-2)8-9-21(22)28(10-12-34-14-15-35-13-11-29)23(27)17-26-24(30)19-6-4-5-7-20(19)25(31)32/h4-9,16,29H,3,10-15,17H2,1-2H3,(H-,26,30,31,32). The van der Waals surface area contributed by atoms with Gasteiger partial charge in [0, 0.05) is 17.2 Å². The van der Waals surface area contributed by atoms with Crippen LogP contribution in [0.3, 0.4) is 0 Å². The van der Waals surface area contributed by atoms with E-state index in [9.17, 15) is 14.7 Å². The molecule has 0 aliphatic heterocycles. The molecule has 3 rings (SSSR count). The number of imidazole rings is 1. The first-order valence-corrected chi connectivity index (χ1v) is 11.5. The minimum atomic E-state index is -1.40. The van der Waals surface area contributed by atoms with Crippen LogP contribution < -0.4 is 19.7 Å². The fourth-order valence-corrected chi connectivity index (χ4v) is 3.95. The highest BCUT2D eigenvalue weighted by atomic mass is 16.5. The van der Waals surface area contributed by atoms with E-state index in [2.05, 4.69) is 14.5 Å². The van der Waals surface area contributed by atoms with Gasteiger partial charge in [-0.3, -0.25) is 4.79 Å². The maximum atomic E-state index is 12.9. The first-order valence-electron chi connectivity index (χ1n) is 11.5. The summed E-state index contributed by atoms with van der Waals surface area (Å²) in [6, 6.07) is 11.7. The number of nitrogens with one attached hydrogen (secondary N) is 1. The number of aliphatic hydroxyl groups excluding tert-OH is 1. The Kier molecular flexibility index (Phi) is 9.59. The van der Waals surface area contributed by atoms with E-state index in [4.69, 9.17) is 19.3 Å². The van der Waals surface area contributed by atoms with Crippen molar-refractivity contribution in [2.75, 3.05) is 40.1 Å². The Hall–Kier alpha value is -3.47. The van der Waals surface area contributed by atoms with Gasteiger partial charge in [-0.1, -0.05) is 18.2 Å². The van der Waals surface area contributed by atoms with Crippen LogP contribution in [0.4, 0.5) is 0 Å². The Bertz CT molecular complexity index is 1160. The van der Waals surface area contributed by atoms with Crippen LogP contribution in [0.2, 0.25) is 0 Å². The Morgan fingerprint density at radius 3 is 2.43 bits per heavy atom. The largest absolute Gasteiger partial charge is 0.545 e. The van der Waals surface area contributed by atoms with E-state index in [0.717, 1.165) is 16.9 Å². The molecule has 0 saturated heterocycles. The quantitative estimate of drug-likeness (QED) is 0.248. The number of nitrogens with zero attached hydrogens (tertiary/aromatic N) is 2. The summed E-state index contributed by atoms with van der Waals surface area (Å²) in [6.45, 7) is 4.79. The number of aromatic carboxylic acids is 1. The number of ether oxygens (including phenoxy) is 3. The average molecular weight is 486 g/mol. The molecule has 3 aromatic rings. The Morgan fingerprint density at radius 2 is 1.77 bits per heavy atom. The third kappa shape index (κ3) is 6.36. The molecule has 1 aromatic heterocycles. The number of hydrogen-bond acceptors (Lipinski definition) is 7. The summed E-state index contributed by atoms with van der Waals surface area (Å²) >= 11 is 0. The number of rotatable bonds is 14. The van der Waals surface area contributed by atoms with E-state index in [1.807, 2.05) is 25.1 Å². The summed E-state index contributed by atoms with van der Waals surface area (Å²) in [5, 5.41) is 23.0. The molecule has 0 atom stereocenters. The zero-order chi connectivity index (χ0) is 25.2. The average Bonchev–Trinajstić information content (AvgIpc) is 3.18. The molecule has 1 amide bonds. The molecule has 0 spiro atoms. The fraction of sp³-hybridized carbons (Fsp3) is 0.400. The van der Waals surface area contributed by atoms with E-state index in [1.165, 1.54) is 12.1 Å². The molecule has 0 saturated carbocycles. The van der Waals surface area contributed by atoms with Crippen LogP contribution in [-0.4, -0.2) is 61.7 Å². The number of amides is 1. The lowest BCUT2D eigenvalue weighted by Gasteiger charge is -2.11. The number of carboxylic acids is 1. The second kappa shape index (κ2) is 12.8. The van der Waals surface area contributed by atoms with Crippen molar-refractivity contribution < 1.29 is 38.6 Å². The molecule has 10 heteroatoms. The van der Waals surface area contributed by atoms with Crippen molar-refractivity contribution in [3.63, 3.8) is 0 Å². The summed E-state index contributed by atoms with van der Waals surface area (Å²) in [6.07, 6.45) is 0. The molecule has 0 unspecified atom stereocenters. The molecule has 0 aliphatic rings. The highest BCUT2D eigenvalue weighted by molar-refractivity contribution is 6.04. The van der Waals surface area contributed by atoms with Crippen LogP contribution >= 0.6 is 0 Å². The number of carbonyl (C=O) groups excluding carboxylic acids is 2. The van der Waals surface area contributed by atoms with Gasteiger partial charge < -0.3 is 34.5 Å². The number of aromatic nitrogens is 2. The number of methoxy groups -OCH3 is 1. The van der Waals surface area contributed by atoms with Gasteiger partial charge in [0.25, 0.3) is 11.7 Å². The second-order valence-corrected chi connectivity index (χ2v) is 7.63. The van der Waals surface area contributed by atoms with E-state index >= 15 is 0 Å². The molecule has 0 aliphatic carbocycles. The third-order valence-corrected chi connectivity index (χ3v) is 5.57. The molecule has 2 aromatic carbocycles. The van der Waals surface area contributed by atoms with Crippen LogP contribution in [0.1, 0.15) is 33.5 Å². The lowest BCUT2D eigenvalue weighted by atomic mass is 10.1. The highest BCUT2D eigenvalue weighted by Gasteiger charge is 2.25. The Balaban J connectivity index is 1.84. The Labute approximate surface area is 203 Å². The van der Waals surface area contributed by atoms with Gasteiger partial charge in [0.2, 0.25) is 0 Å². The van der Waals surface area contributed by atoms with Gasteiger partial charge in [-0.25, -0.2) is 9.13 Å². The van der Waals surface area contributed by atoms with Crippen LogP contribution in [-0.2, 0) is 29.1 Å². The molecule has 10 nitrogen and oxygen atoms in total. The zero-order valence-electron chi connectivity index (χ0n) is 20.0. The van der Waals surface area contributed by atoms with Crippen LogP contribution in [0, 0.1) is 0 Å². The molecular formula is C25H31N3O7. The predicted molar refractivity (Wildman–Crippen MR) is 125 cm³/mol. The van der Waals surface area contributed by atoms with Crippen molar-refractivity contribution in [2.24, 2.45) is 0 Å². The first kappa shape index (κ1) is 26.1. The van der Waals surface area contributed by atoms with E-state index in [-0.39, 0.29) is 30.9 Å². The minimum Gasteiger partial charge on any atom is -0.545 e. The van der Waals surface area contributed by atoms with E-state index < -0.39 is 11.9 Å². The number of carboxylic acid groups (broad SMARTS) is 1. The van der Waals surface area contributed by atoms with Crippen molar-refractivity contribution >= 4 is 22.9 Å². The predicted octanol–water partition coefficient (Wildman–Crippen LogP) is 0.276. The molecule has 188 valence electrons. The maximum absolute atomic E-state index is 12.9. The summed E-state index contributed by atoms with van der Waals surface area (Å²) in [5.74, 6) is -0.359. The normalized spacial score (nSPS) is 11.1. The molecule has 0 bridgehead atoms. The van der Waals surface area contributed by atoms with Crippen molar-refractivity contribution in [1.82, 2.24) is 9.88 Å². The van der Waals surface area contributed by atoms with Crippen molar-refractivity contribution in [1.29, 1.82) is 0 Å². The minimum absolute atomic E-state index is 0.0294. The van der Waals surface area contributed by atoms with Gasteiger partial charge in [-0.2, -0.15) is 0 Å². The lowest BCUT2D eigenvalue weighted by Crippen LogP contribution is -2.43. The van der Waals surface area contributed by atoms with Crippen molar-refractivity contribution in [3.8, 4) is 5.75 Å². The lowest BCUT2D eigenvalue weighted by molar-refractivity contribution is -0.681. The summed E-state index contributed by atoms with van der Waals surface area (Å²) < 4.78 is 20.4. The summed E-state index contributed by atoms with van der Waals surface area (Å²) in [7, 11) is 1.61. The van der Waals surface area contributed by atoms with Gasteiger partial charge >= 0.3 is 0 Å². The molecule has 0 radical (unpaired) electrons. The maximum Gasteiger partial charge on any atom is 0.277 e. The molecular weight excluding hydrogens is 454 g/mol. The molecule has 35 heavy (non-hydrogen) atoms. The van der Waals surface area contributed by atoms with Gasteiger partial charge in [-0.05, 0) is 25.1 Å². The van der Waals surface area contributed by atoms with Crippen molar-refractivity contribution in [3.05, 3.63) is 59.4 Å². The van der Waals surface area contributed by atoms with E-state index in [0.29, 0.717) is 38.7 Å². The fourth-order valence-electron chi connectivity index (χ4n) is 3.95. The summed E-state index contributed by atoms with van der Waals surface area (Å²) in [5.41, 5.74) is 1.78. The van der Waals surface area contributed by atoms with Crippen LogP contribution in [0.5, 0.6) is 5.75 Å². The van der Waals surface area contributed by atoms with Gasteiger partial charge in [-0.15, -0.1) is 0 Å². The molecule has 0 fully saturated rings. The van der Waals surface area contributed by atoms with Gasteiger partial charge in [0.05, 0.1) is 52.7 Å². The number of aliphatic hydroxyl groups is 1. The van der Waals surface area contributed by atoms with Gasteiger partial charge in [0.15, 0.2) is 11.0 Å². The third-order valence-electron chi connectivity index (χ3n) is 5.57. The second-order valence-electron chi connectivity index (χ2n) is 7.63. The topological polar surface area (TPSA) is 126 Å². The molecule has 2 N–H and O–H groups in total.